The molecule has 2 heterocycles. The summed E-state index contributed by atoms with van der Waals surface area (Å²) in [4.78, 5) is 39.3. The maximum atomic E-state index is 12.6. The largest absolute Gasteiger partial charge is 0.465 e. The van der Waals surface area contributed by atoms with Crippen LogP contribution in [-0.2, 0) is 4.79 Å². The van der Waals surface area contributed by atoms with Gasteiger partial charge in [-0.3, -0.25) is 9.59 Å². The highest BCUT2D eigenvalue weighted by Gasteiger charge is 2.24. The Balaban J connectivity index is 1.79. The van der Waals surface area contributed by atoms with Crippen molar-refractivity contribution in [2.45, 2.75) is 12.5 Å². The Morgan fingerprint density at radius 3 is 2.71 bits per heavy atom. The van der Waals surface area contributed by atoms with E-state index in [-0.39, 0.29) is 12.1 Å². The average molecular weight is 416 g/mol. The van der Waals surface area contributed by atoms with Gasteiger partial charge in [0.2, 0.25) is 5.91 Å². The van der Waals surface area contributed by atoms with E-state index in [1.54, 1.807) is 18.4 Å². The number of aromatic nitrogens is 1. The molecule has 3 aromatic rings. The third-order valence-electron chi connectivity index (χ3n) is 4.78. The molecule has 5 N–H and O–H groups in total. The van der Waals surface area contributed by atoms with E-state index in [1.165, 1.54) is 6.07 Å². The number of anilines is 1. The molecule has 0 unspecified atom stereocenters. The van der Waals surface area contributed by atoms with Crippen molar-refractivity contribution in [1.29, 1.82) is 5.26 Å². The van der Waals surface area contributed by atoms with Crippen molar-refractivity contribution in [3.63, 3.8) is 0 Å². The summed E-state index contributed by atoms with van der Waals surface area (Å²) in [6.07, 6.45) is -0.199. The van der Waals surface area contributed by atoms with Gasteiger partial charge in [-0.15, -0.1) is 0 Å². The molecule has 0 aliphatic carbocycles. The molecule has 31 heavy (non-hydrogen) atoms. The molecule has 10 nitrogen and oxygen atoms in total. The summed E-state index contributed by atoms with van der Waals surface area (Å²) < 4.78 is 0. The second-order valence-corrected chi connectivity index (χ2v) is 6.78. The fourth-order valence-electron chi connectivity index (χ4n) is 3.47. The lowest BCUT2D eigenvalue weighted by atomic mass is 10.0. The summed E-state index contributed by atoms with van der Waals surface area (Å²) in [5.41, 5.74) is 5.97. The van der Waals surface area contributed by atoms with Crippen molar-refractivity contribution >= 4 is 40.7 Å². The predicted molar refractivity (Wildman–Crippen MR) is 113 cm³/mol. The number of aromatic amines is 1. The van der Waals surface area contributed by atoms with Gasteiger partial charge < -0.3 is 20.7 Å². The SMILES string of the molecule is N#CC[C@H](NC(=O)O)C(=O)Nc1cc2c3c(c(-c4ccccc4)[nH]c3c1)C=NNC2=O. The van der Waals surface area contributed by atoms with Gasteiger partial charge in [0.15, 0.2) is 0 Å². The number of hydrogen-bond acceptors (Lipinski definition) is 5. The molecule has 2 aromatic carbocycles. The zero-order valence-corrected chi connectivity index (χ0v) is 16.0. The van der Waals surface area contributed by atoms with Gasteiger partial charge in [-0.05, 0) is 17.7 Å². The minimum Gasteiger partial charge on any atom is -0.465 e. The van der Waals surface area contributed by atoms with Gasteiger partial charge in [0.25, 0.3) is 5.91 Å². The molecule has 3 amide bonds. The maximum absolute atomic E-state index is 12.6. The van der Waals surface area contributed by atoms with Crippen molar-refractivity contribution in [3.8, 4) is 17.3 Å². The number of hydrogen-bond donors (Lipinski definition) is 5. The molecule has 1 aliphatic rings. The quantitative estimate of drug-likeness (QED) is 0.431. The van der Waals surface area contributed by atoms with Crippen LogP contribution in [0.1, 0.15) is 22.3 Å². The second-order valence-electron chi connectivity index (χ2n) is 6.78. The first-order chi connectivity index (χ1) is 15.0. The molecule has 1 atom stereocenters. The minimum absolute atomic E-state index is 0.270. The number of benzene rings is 2. The third-order valence-corrected chi connectivity index (χ3v) is 4.78. The van der Waals surface area contributed by atoms with Crippen molar-refractivity contribution in [2.75, 3.05) is 5.32 Å². The standard InChI is InChI=1S/C21H16N6O4/c22-7-6-15(26-21(30)31)20(29)24-12-8-13-17-14(10-23-27-19(13)28)18(25-16(17)9-12)11-4-2-1-3-5-11/h1-5,8-10,15,25-26H,6H2,(H,24,29)(H,27,28)(H,30,31)/t15-/m0/s1. The van der Waals surface area contributed by atoms with Crippen LogP contribution in [0, 0.1) is 11.3 Å². The molecule has 0 spiro atoms. The predicted octanol–water partition coefficient (Wildman–Crippen LogP) is 2.40. The highest BCUT2D eigenvalue weighted by Crippen LogP contribution is 2.34. The number of carbonyl (C=O) groups is 3. The van der Waals surface area contributed by atoms with E-state index in [4.69, 9.17) is 10.4 Å². The number of hydrazone groups is 1. The highest BCUT2D eigenvalue weighted by atomic mass is 16.4. The second kappa shape index (κ2) is 8.00. The van der Waals surface area contributed by atoms with Crippen LogP contribution in [0.5, 0.6) is 0 Å². The Morgan fingerprint density at radius 2 is 2.00 bits per heavy atom. The number of nitriles is 1. The van der Waals surface area contributed by atoms with Gasteiger partial charge in [-0.1, -0.05) is 30.3 Å². The molecule has 0 saturated heterocycles. The van der Waals surface area contributed by atoms with Crippen LogP contribution in [0.2, 0.25) is 0 Å². The van der Waals surface area contributed by atoms with Crippen LogP contribution >= 0.6 is 0 Å². The molecular weight excluding hydrogens is 400 g/mol. The lowest BCUT2D eigenvalue weighted by Crippen LogP contribution is -2.42. The zero-order chi connectivity index (χ0) is 22.0. The van der Waals surface area contributed by atoms with Gasteiger partial charge in [0.1, 0.15) is 6.04 Å². The number of carbonyl (C=O) groups excluding carboxylic acids is 2. The molecule has 4 rings (SSSR count). The number of amides is 3. The average Bonchev–Trinajstić information content (AvgIpc) is 3.02. The van der Waals surface area contributed by atoms with Crippen molar-refractivity contribution in [3.05, 3.63) is 53.6 Å². The highest BCUT2D eigenvalue weighted by molar-refractivity contribution is 6.18. The normalized spacial score (nSPS) is 13.1. The van der Waals surface area contributed by atoms with Crippen LogP contribution in [0.3, 0.4) is 0 Å². The first-order valence-corrected chi connectivity index (χ1v) is 9.23. The number of H-pyrrole nitrogens is 1. The Hall–Kier alpha value is -4.65. The summed E-state index contributed by atoms with van der Waals surface area (Å²) in [7, 11) is 0. The Morgan fingerprint density at radius 1 is 1.23 bits per heavy atom. The molecule has 1 aromatic heterocycles. The van der Waals surface area contributed by atoms with Crippen LogP contribution in [-0.4, -0.2) is 40.3 Å². The first-order valence-electron chi connectivity index (χ1n) is 9.23. The fourth-order valence-corrected chi connectivity index (χ4v) is 3.47. The third kappa shape index (κ3) is 3.79. The van der Waals surface area contributed by atoms with E-state index in [9.17, 15) is 14.4 Å². The number of rotatable bonds is 5. The van der Waals surface area contributed by atoms with E-state index >= 15 is 0 Å². The molecule has 0 fully saturated rings. The number of nitrogens with zero attached hydrogens (tertiary/aromatic N) is 2. The molecule has 154 valence electrons. The van der Waals surface area contributed by atoms with Crippen LogP contribution in [0.4, 0.5) is 10.5 Å². The lowest BCUT2D eigenvalue weighted by Gasteiger charge is -2.14. The molecular formula is C21H16N6O4. The Kier molecular flexibility index (Phi) is 5.07. The van der Waals surface area contributed by atoms with E-state index in [2.05, 4.69) is 20.8 Å². The van der Waals surface area contributed by atoms with Crippen molar-refractivity contribution in [1.82, 2.24) is 15.7 Å². The smallest absolute Gasteiger partial charge is 0.405 e. The minimum atomic E-state index is -1.42. The molecule has 1 aliphatic heterocycles. The van der Waals surface area contributed by atoms with Crippen LogP contribution < -0.4 is 16.1 Å². The summed E-state index contributed by atoms with van der Waals surface area (Å²) in [5.74, 6) is -1.16. The molecule has 10 heteroatoms. The maximum Gasteiger partial charge on any atom is 0.405 e. The van der Waals surface area contributed by atoms with E-state index in [0.29, 0.717) is 16.5 Å². The molecule has 0 radical (unpaired) electrons. The Labute approximate surface area is 175 Å². The van der Waals surface area contributed by atoms with E-state index in [0.717, 1.165) is 16.8 Å². The fraction of sp³-hybridized carbons (Fsp3) is 0.0952. The summed E-state index contributed by atoms with van der Waals surface area (Å²) >= 11 is 0. The van der Waals surface area contributed by atoms with Crippen LogP contribution in [0.25, 0.3) is 22.2 Å². The molecule has 0 bridgehead atoms. The topological polar surface area (TPSA) is 159 Å². The van der Waals surface area contributed by atoms with Gasteiger partial charge >= 0.3 is 6.09 Å². The summed E-state index contributed by atoms with van der Waals surface area (Å²) in [5, 5.41) is 27.0. The van der Waals surface area contributed by atoms with Gasteiger partial charge in [-0.25, -0.2) is 10.2 Å². The van der Waals surface area contributed by atoms with E-state index < -0.39 is 23.9 Å². The molecule has 0 saturated carbocycles. The number of carboxylic acid groups (broad SMARTS) is 1. The van der Waals surface area contributed by atoms with Gasteiger partial charge in [0.05, 0.1) is 30.0 Å². The van der Waals surface area contributed by atoms with Gasteiger partial charge in [-0.2, -0.15) is 10.4 Å². The van der Waals surface area contributed by atoms with Crippen molar-refractivity contribution in [2.24, 2.45) is 5.10 Å². The van der Waals surface area contributed by atoms with Crippen molar-refractivity contribution < 1.29 is 19.5 Å². The van der Waals surface area contributed by atoms with Crippen LogP contribution in [0.15, 0.2) is 47.6 Å². The Bertz CT molecular complexity index is 1270. The zero-order valence-electron chi connectivity index (χ0n) is 16.0. The number of nitrogens with one attached hydrogen (secondary N) is 4. The summed E-state index contributed by atoms with van der Waals surface area (Å²) in [6, 6.07) is 13.2. The van der Waals surface area contributed by atoms with E-state index in [1.807, 2.05) is 35.6 Å². The monoisotopic (exact) mass is 416 g/mol. The summed E-state index contributed by atoms with van der Waals surface area (Å²) in [6.45, 7) is 0. The first kappa shape index (κ1) is 19.7. The van der Waals surface area contributed by atoms with Gasteiger partial charge in [0, 0.05) is 22.2 Å². The lowest BCUT2D eigenvalue weighted by molar-refractivity contribution is -0.117.